The molecule has 0 spiro atoms. The zero-order valence-electron chi connectivity index (χ0n) is 9.65. The Hall–Kier alpha value is -1.71. The van der Waals surface area contributed by atoms with E-state index in [4.69, 9.17) is 9.84 Å². The molecular weight excluding hydrogens is 208 g/mol. The second kappa shape index (κ2) is 4.88. The van der Waals surface area contributed by atoms with E-state index in [0.29, 0.717) is 17.9 Å². The molecule has 0 unspecified atom stereocenters. The van der Waals surface area contributed by atoms with Gasteiger partial charge in [-0.15, -0.1) is 0 Å². The van der Waals surface area contributed by atoms with E-state index < -0.39 is 5.97 Å². The number of carbonyl (C=O) groups is 1. The van der Waals surface area contributed by atoms with Gasteiger partial charge >= 0.3 is 5.97 Å². The Morgan fingerprint density at radius 2 is 2.06 bits per heavy atom. The predicted octanol–water partition coefficient (Wildman–Crippen LogP) is 2.30. The first-order valence-corrected chi connectivity index (χ1v) is 5.08. The first kappa shape index (κ1) is 12.4. The fourth-order valence-corrected chi connectivity index (χ4v) is 1.66. The van der Waals surface area contributed by atoms with E-state index >= 15 is 0 Å². The van der Waals surface area contributed by atoms with Crippen LogP contribution in [-0.4, -0.2) is 23.3 Å². The first-order chi connectivity index (χ1) is 7.45. The molecule has 4 nitrogen and oxygen atoms in total. The van der Waals surface area contributed by atoms with E-state index in [9.17, 15) is 9.90 Å². The third kappa shape index (κ3) is 2.66. The standard InChI is InChI=1S/C12H16O4/c1-7(2)4-8-5-9(13)6-10(16-3)11(8)12(14)15/h5-7,13H,4H2,1-3H3,(H,14,15). The van der Waals surface area contributed by atoms with Crippen molar-refractivity contribution in [3.05, 3.63) is 23.3 Å². The number of methoxy groups -OCH3 is 1. The van der Waals surface area contributed by atoms with Crippen molar-refractivity contribution in [1.29, 1.82) is 0 Å². The normalized spacial score (nSPS) is 10.5. The monoisotopic (exact) mass is 224 g/mol. The average Bonchev–Trinajstić information content (AvgIpc) is 2.14. The summed E-state index contributed by atoms with van der Waals surface area (Å²) in [5.41, 5.74) is 0.730. The number of rotatable bonds is 4. The summed E-state index contributed by atoms with van der Waals surface area (Å²) in [6.45, 7) is 3.98. The highest BCUT2D eigenvalue weighted by Crippen LogP contribution is 2.29. The van der Waals surface area contributed by atoms with Crippen LogP contribution in [-0.2, 0) is 6.42 Å². The summed E-state index contributed by atoms with van der Waals surface area (Å²) in [7, 11) is 1.39. The lowest BCUT2D eigenvalue weighted by atomic mass is 9.97. The van der Waals surface area contributed by atoms with Crippen LogP contribution in [0.3, 0.4) is 0 Å². The van der Waals surface area contributed by atoms with Crippen molar-refractivity contribution in [2.24, 2.45) is 5.92 Å². The molecule has 4 heteroatoms. The number of carboxylic acids is 1. The second-order valence-corrected chi connectivity index (χ2v) is 4.09. The maximum absolute atomic E-state index is 11.1. The molecule has 0 saturated heterocycles. The average molecular weight is 224 g/mol. The zero-order chi connectivity index (χ0) is 12.3. The quantitative estimate of drug-likeness (QED) is 0.823. The predicted molar refractivity (Wildman–Crippen MR) is 60.2 cm³/mol. The Kier molecular flexibility index (Phi) is 3.77. The molecule has 0 radical (unpaired) electrons. The highest BCUT2D eigenvalue weighted by molar-refractivity contribution is 5.93. The van der Waals surface area contributed by atoms with Gasteiger partial charge in [-0.25, -0.2) is 4.79 Å². The van der Waals surface area contributed by atoms with Crippen LogP contribution in [0.25, 0.3) is 0 Å². The number of carboxylic acid groups (broad SMARTS) is 1. The van der Waals surface area contributed by atoms with Crippen LogP contribution < -0.4 is 4.74 Å². The van der Waals surface area contributed by atoms with Crippen LogP contribution in [0.1, 0.15) is 29.8 Å². The summed E-state index contributed by atoms with van der Waals surface area (Å²) in [6.07, 6.45) is 0.590. The molecule has 0 heterocycles. The van der Waals surface area contributed by atoms with Gasteiger partial charge in [0, 0.05) is 6.07 Å². The Morgan fingerprint density at radius 1 is 1.44 bits per heavy atom. The number of phenols is 1. The molecule has 1 aromatic carbocycles. The molecule has 0 aliphatic rings. The third-order valence-electron chi connectivity index (χ3n) is 2.23. The Bertz CT molecular complexity index is 396. The minimum atomic E-state index is -1.03. The number of ether oxygens (including phenoxy) is 1. The van der Waals surface area contributed by atoms with Crippen molar-refractivity contribution >= 4 is 5.97 Å². The van der Waals surface area contributed by atoms with Gasteiger partial charge in [-0.05, 0) is 24.0 Å². The molecule has 0 amide bonds. The minimum Gasteiger partial charge on any atom is -0.508 e. The number of hydrogen-bond acceptors (Lipinski definition) is 3. The van der Waals surface area contributed by atoms with Crippen molar-refractivity contribution in [1.82, 2.24) is 0 Å². The summed E-state index contributed by atoms with van der Waals surface area (Å²) in [6, 6.07) is 2.79. The van der Waals surface area contributed by atoms with Crippen LogP contribution in [0.15, 0.2) is 12.1 Å². The summed E-state index contributed by atoms with van der Waals surface area (Å²) in [5.74, 6) is -0.502. The van der Waals surface area contributed by atoms with Crippen LogP contribution >= 0.6 is 0 Å². The summed E-state index contributed by atoms with van der Waals surface area (Å²) in [5, 5.41) is 18.6. The van der Waals surface area contributed by atoms with Crippen LogP contribution in [0.5, 0.6) is 11.5 Å². The number of aromatic hydroxyl groups is 1. The molecule has 0 bridgehead atoms. The third-order valence-corrected chi connectivity index (χ3v) is 2.23. The van der Waals surface area contributed by atoms with Gasteiger partial charge < -0.3 is 14.9 Å². The van der Waals surface area contributed by atoms with Gasteiger partial charge in [-0.1, -0.05) is 13.8 Å². The number of hydrogen-bond donors (Lipinski definition) is 2. The minimum absolute atomic E-state index is 0.0255. The lowest BCUT2D eigenvalue weighted by Crippen LogP contribution is -2.07. The van der Waals surface area contributed by atoms with Crippen molar-refractivity contribution in [3.63, 3.8) is 0 Å². The van der Waals surface area contributed by atoms with Gasteiger partial charge in [0.15, 0.2) is 0 Å². The molecule has 0 aromatic heterocycles. The van der Waals surface area contributed by atoms with E-state index in [0.717, 1.165) is 0 Å². The maximum Gasteiger partial charge on any atom is 0.339 e. The number of aromatic carboxylic acids is 1. The Morgan fingerprint density at radius 3 is 2.50 bits per heavy atom. The van der Waals surface area contributed by atoms with Crippen molar-refractivity contribution < 1.29 is 19.7 Å². The molecule has 0 aliphatic heterocycles. The molecule has 0 saturated carbocycles. The largest absolute Gasteiger partial charge is 0.508 e. The van der Waals surface area contributed by atoms with Gasteiger partial charge in [0.25, 0.3) is 0 Å². The van der Waals surface area contributed by atoms with E-state index in [1.54, 1.807) is 0 Å². The highest BCUT2D eigenvalue weighted by atomic mass is 16.5. The van der Waals surface area contributed by atoms with Crippen LogP contribution in [0.4, 0.5) is 0 Å². The second-order valence-electron chi connectivity index (χ2n) is 4.09. The topological polar surface area (TPSA) is 66.8 Å². The van der Waals surface area contributed by atoms with E-state index in [-0.39, 0.29) is 17.1 Å². The highest BCUT2D eigenvalue weighted by Gasteiger charge is 2.18. The smallest absolute Gasteiger partial charge is 0.339 e. The number of phenolic OH excluding ortho intramolecular Hbond substituents is 1. The molecule has 0 fully saturated rings. The van der Waals surface area contributed by atoms with Crippen LogP contribution in [0.2, 0.25) is 0 Å². The summed E-state index contributed by atoms with van der Waals surface area (Å²) < 4.78 is 4.97. The Labute approximate surface area is 94.5 Å². The fourth-order valence-electron chi connectivity index (χ4n) is 1.66. The molecule has 16 heavy (non-hydrogen) atoms. The molecule has 1 aromatic rings. The lowest BCUT2D eigenvalue weighted by molar-refractivity contribution is 0.0692. The van der Waals surface area contributed by atoms with Crippen molar-refractivity contribution in [3.8, 4) is 11.5 Å². The van der Waals surface area contributed by atoms with Gasteiger partial charge in [-0.2, -0.15) is 0 Å². The first-order valence-electron chi connectivity index (χ1n) is 5.08. The molecule has 0 aliphatic carbocycles. The van der Waals surface area contributed by atoms with E-state index in [1.165, 1.54) is 19.2 Å². The van der Waals surface area contributed by atoms with Crippen molar-refractivity contribution in [2.45, 2.75) is 20.3 Å². The molecule has 0 atom stereocenters. The van der Waals surface area contributed by atoms with Crippen LogP contribution in [0, 0.1) is 5.92 Å². The van der Waals surface area contributed by atoms with E-state index in [2.05, 4.69) is 0 Å². The molecular formula is C12H16O4. The Balaban J connectivity index is 3.32. The number of benzene rings is 1. The SMILES string of the molecule is COc1cc(O)cc(CC(C)C)c1C(=O)O. The maximum atomic E-state index is 11.1. The van der Waals surface area contributed by atoms with Crippen molar-refractivity contribution in [2.75, 3.05) is 7.11 Å². The molecule has 1 rings (SSSR count). The van der Waals surface area contributed by atoms with Gasteiger partial charge in [0.2, 0.25) is 0 Å². The molecule has 88 valence electrons. The van der Waals surface area contributed by atoms with Gasteiger partial charge in [0.1, 0.15) is 17.1 Å². The van der Waals surface area contributed by atoms with Gasteiger partial charge in [0.05, 0.1) is 7.11 Å². The fraction of sp³-hybridized carbons (Fsp3) is 0.417. The summed E-state index contributed by atoms with van der Waals surface area (Å²) >= 11 is 0. The van der Waals surface area contributed by atoms with E-state index in [1.807, 2.05) is 13.8 Å². The lowest BCUT2D eigenvalue weighted by Gasteiger charge is -2.13. The van der Waals surface area contributed by atoms with Gasteiger partial charge in [-0.3, -0.25) is 0 Å². The summed E-state index contributed by atoms with van der Waals surface area (Å²) in [4.78, 5) is 11.1. The zero-order valence-corrected chi connectivity index (χ0v) is 9.65. The molecule has 2 N–H and O–H groups in total.